The van der Waals surface area contributed by atoms with Crippen molar-refractivity contribution in [3.63, 3.8) is 0 Å². The number of alkyl halides is 2. The zero-order valence-electron chi connectivity index (χ0n) is 19.1. The Morgan fingerprint density at radius 3 is 2.72 bits per heavy atom. The third-order valence-electron chi connectivity index (χ3n) is 6.77. The summed E-state index contributed by atoms with van der Waals surface area (Å²) in [5.41, 5.74) is 3.01. The maximum absolute atomic E-state index is 13.8. The van der Waals surface area contributed by atoms with Crippen molar-refractivity contribution < 1.29 is 18.3 Å². The molecule has 1 N–H and O–H groups in total. The van der Waals surface area contributed by atoms with Crippen LogP contribution in [0.25, 0.3) is 0 Å². The number of hydrogen-bond acceptors (Lipinski definition) is 4. The summed E-state index contributed by atoms with van der Waals surface area (Å²) in [7, 11) is 0. The van der Waals surface area contributed by atoms with Gasteiger partial charge in [-0.25, -0.2) is 13.5 Å². The van der Waals surface area contributed by atoms with Crippen molar-refractivity contribution in [1.29, 1.82) is 0 Å². The summed E-state index contributed by atoms with van der Waals surface area (Å²) in [6, 6.07) is 6.56. The van der Waals surface area contributed by atoms with E-state index in [1.54, 1.807) is 6.92 Å². The van der Waals surface area contributed by atoms with Gasteiger partial charge in [0.2, 0.25) is 0 Å². The lowest BCUT2D eigenvalue weighted by Crippen LogP contribution is -2.50. The van der Waals surface area contributed by atoms with Crippen molar-refractivity contribution in [2.45, 2.75) is 71.6 Å². The lowest BCUT2D eigenvalue weighted by molar-refractivity contribution is -0.140. The smallest absolute Gasteiger partial charge is 0.263 e. The number of aryl methyl sites for hydroxylation is 3. The van der Waals surface area contributed by atoms with Crippen LogP contribution >= 0.6 is 0 Å². The van der Waals surface area contributed by atoms with Crippen LogP contribution in [-0.2, 0) is 4.79 Å². The molecule has 2 aliphatic heterocycles. The molecule has 174 valence electrons. The van der Waals surface area contributed by atoms with Gasteiger partial charge in [-0.3, -0.25) is 4.79 Å². The molecule has 1 aromatic heterocycles. The summed E-state index contributed by atoms with van der Waals surface area (Å²) in [6.07, 6.45) is -1.04. The summed E-state index contributed by atoms with van der Waals surface area (Å²) in [5.74, 6) is 1.36. The van der Waals surface area contributed by atoms with Crippen molar-refractivity contribution in [3.05, 3.63) is 41.1 Å². The molecule has 1 saturated heterocycles. The number of carbonyl (C=O) groups is 1. The molecule has 0 saturated carbocycles. The molecule has 8 heteroatoms. The van der Waals surface area contributed by atoms with E-state index in [-0.39, 0.29) is 17.9 Å². The zero-order valence-corrected chi connectivity index (χ0v) is 19.1. The third-order valence-corrected chi connectivity index (χ3v) is 6.77. The number of carbonyl (C=O) groups excluding carboxylic acids is 1. The van der Waals surface area contributed by atoms with Gasteiger partial charge < -0.3 is 15.0 Å². The number of aromatic nitrogens is 2. The first kappa shape index (κ1) is 22.6. The fraction of sp³-hybridized carbons (Fsp3) is 0.583. The SMILES string of the molecule is Cc1cc2n(n1)[C@@H](C(F)F)C[C@@H]([C@H]1CCCN(C(=O)[C@@H](C)Oc3ccc(C)c(C)c3)C1)N2. The molecule has 3 heterocycles. The minimum absolute atomic E-state index is 0.0602. The van der Waals surface area contributed by atoms with Gasteiger partial charge in [-0.05, 0) is 76.1 Å². The summed E-state index contributed by atoms with van der Waals surface area (Å²) < 4.78 is 34.8. The monoisotopic (exact) mass is 446 g/mol. The minimum Gasteiger partial charge on any atom is -0.481 e. The average Bonchev–Trinajstić information content (AvgIpc) is 3.15. The summed E-state index contributed by atoms with van der Waals surface area (Å²) in [6.45, 7) is 8.84. The standard InChI is InChI=1S/C24H32F2N4O2/c1-14-7-8-19(10-15(14)2)32-17(4)24(31)29-9-5-6-18(13-29)20-12-21(23(25)26)30-22(27-20)11-16(3)28-30/h7-8,10-11,17-18,20-21,23,27H,5-6,9,12-13H2,1-4H3/t17-,18+,20+,21-/m1/s1. The summed E-state index contributed by atoms with van der Waals surface area (Å²) in [4.78, 5) is 14.9. The highest BCUT2D eigenvalue weighted by atomic mass is 19.3. The van der Waals surface area contributed by atoms with Crippen molar-refractivity contribution >= 4 is 11.7 Å². The first-order valence-electron chi connectivity index (χ1n) is 11.4. The van der Waals surface area contributed by atoms with Crippen LogP contribution in [0.3, 0.4) is 0 Å². The number of halogens is 2. The normalized spacial score (nSPS) is 24.1. The molecule has 4 atom stereocenters. The Morgan fingerprint density at radius 2 is 2.00 bits per heavy atom. The minimum atomic E-state index is -2.48. The molecule has 0 unspecified atom stereocenters. The molecule has 1 amide bonds. The Hall–Kier alpha value is -2.64. The summed E-state index contributed by atoms with van der Waals surface area (Å²) >= 11 is 0. The van der Waals surface area contributed by atoms with Crippen molar-refractivity contribution in [3.8, 4) is 5.75 Å². The topological polar surface area (TPSA) is 59.4 Å². The first-order valence-corrected chi connectivity index (χ1v) is 11.4. The maximum atomic E-state index is 13.8. The maximum Gasteiger partial charge on any atom is 0.263 e. The predicted octanol–water partition coefficient (Wildman–Crippen LogP) is 4.50. The van der Waals surface area contributed by atoms with E-state index >= 15 is 0 Å². The number of likely N-dealkylation sites (tertiary alicyclic amines) is 1. The van der Waals surface area contributed by atoms with Crippen LogP contribution in [0.1, 0.15) is 49.0 Å². The van der Waals surface area contributed by atoms with Crippen LogP contribution in [0, 0.1) is 26.7 Å². The van der Waals surface area contributed by atoms with Crippen molar-refractivity contribution in [2.24, 2.45) is 5.92 Å². The Balaban J connectivity index is 1.42. The highest BCUT2D eigenvalue weighted by molar-refractivity contribution is 5.81. The van der Waals surface area contributed by atoms with Crippen molar-refractivity contribution in [2.75, 3.05) is 18.4 Å². The van der Waals surface area contributed by atoms with Gasteiger partial charge >= 0.3 is 0 Å². The van der Waals surface area contributed by atoms with Gasteiger partial charge in [0.25, 0.3) is 12.3 Å². The van der Waals surface area contributed by atoms with Crippen molar-refractivity contribution in [1.82, 2.24) is 14.7 Å². The number of nitrogens with one attached hydrogen (secondary N) is 1. The Morgan fingerprint density at radius 1 is 1.22 bits per heavy atom. The molecule has 0 spiro atoms. The number of anilines is 1. The molecule has 2 aliphatic rings. The van der Waals surface area contributed by atoms with Gasteiger partial charge in [0.05, 0.1) is 5.69 Å². The third kappa shape index (κ3) is 4.59. The average molecular weight is 447 g/mol. The molecule has 0 bridgehead atoms. The molecule has 1 fully saturated rings. The zero-order chi connectivity index (χ0) is 23.0. The van der Waals surface area contributed by atoms with E-state index in [0.717, 1.165) is 24.1 Å². The van der Waals surface area contributed by atoms with Crippen LogP contribution < -0.4 is 10.1 Å². The van der Waals surface area contributed by atoms with Gasteiger partial charge in [0, 0.05) is 25.2 Å². The van der Waals surface area contributed by atoms with E-state index in [9.17, 15) is 13.6 Å². The number of ether oxygens (including phenoxy) is 1. The fourth-order valence-electron chi connectivity index (χ4n) is 4.84. The molecule has 6 nitrogen and oxygen atoms in total. The van der Waals surface area contributed by atoms with E-state index in [1.165, 1.54) is 10.2 Å². The molecular weight excluding hydrogens is 414 g/mol. The molecule has 4 rings (SSSR count). The number of piperidine rings is 1. The molecule has 1 aromatic carbocycles. The number of nitrogens with zero attached hydrogens (tertiary/aromatic N) is 3. The Kier molecular flexibility index (Phi) is 6.40. The second-order valence-corrected chi connectivity index (χ2v) is 9.20. The number of amides is 1. The van der Waals surface area contributed by atoms with Crippen LogP contribution in [0.5, 0.6) is 5.75 Å². The quantitative estimate of drug-likeness (QED) is 0.735. The lowest BCUT2D eigenvalue weighted by atomic mass is 9.86. The number of benzene rings is 1. The van der Waals surface area contributed by atoms with E-state index in [1.807, 2.05) is 49.9 Å². The molecule has 0 aliphatic carbocycles. The second kappa shape index (κ2) is 9.08. The predicted molar refractivity (Wildman–Crippen MR) is 119 cm³/mol. The van der Waals surface area contributed by atoms with Crippen LogP contribution in [0.4, 0.5) is 14.6 Å². The van der Waals surface area contributed by atoms with Gasteiger partial charge in [-0.1, -0.05) is 6.07 Å². The number of rotatable bonds is 5. The van der Waals surface area contributed by atoms with Gasteiger partial charge in [-0.15, -0.1) is 0 Å². The van der Waals surface area contributed by atoms with Gasteiger partial charge in [0.1, 0.15) is 17.6 Å². The van der Waals surface area contributed by atoms with E-state index in [2.05, 4.69) is 10.4 Å². The largest absolute Gasteiger partial charge is 0.481 e. The summed E-state index contributed by atoms with van der Waals surface area (Å²) in [5, 5.41) is 7.65. The van der Waals surface area contributed by atoms with E-state index < -0.39 is 18.6 Å². The Bertz CT molecular complexity index is 977. The molecular formula is C24H32F2N4O2. The van der Waals surface area contributed by atoms with Gasteiger partial charge in [-0.2, -0.15) is 5.10 Å². The van der Waals surface area contributed by atoms with Gasteiger partial charge in [0.15, 0.2) is 6.10 Å². The Labute approximate surface area is 187 Å². The van der Waals surface area contributed by atoms with E-state index in [4.69, 9.17) is 4.74 Å². The molecule has 32 heavy (non-hydrogen) atoms. The molecule has 2 aromatic rings. The van der Waals surface area contributed by atoms with Crippen LogP contribution in [-0.4, -0.2) is 52.2 Å². The van der Waals surface area contributed by atoms with Crippen LogP contribution in [0.15, 0.2) is 24.3 Å². The van der Waals surface area contributed by atoms with Crippen LogP contribution in [0.2, 0.25) is 0 Å². The first-order chi connectivity index (χ1) is 15.2. The highest BCUT2D eigenvalue weighted by Crippen LogP contribution is 2.36. The lowest BCUT2D eigenvalue weighted by Gasteiger charge is -2.41. The number of hydrogen-bond donors (Lipinski definition) is 1. The van der Waals surface area contributed by atoms with E-state index in [0.29, 0.717) is 31.1 Å². The fourth-order valence-corrected chi connectivity index (χ4v) is 4.84. The molecule has 0 radical (unpaired) electrons. The number of fused-ring (bicyclic) bond motifs is 1. The highest BCUT2D eigenvalue weighted by Gasteiger charge is 2.39. The second-order valence-electron chi connectivity index (χ2n) is 9.20.